The molecular formula is C19H15F4N3O4S. The van der Waals surface area contributed by atoms with Gasteiger partial charge in [-0.25, -0.2) is 12.8 Å². The SMILES string of the molecule is COc1ccc(Cc2cn[nH]c2)c(F)c1C(=O)Nc1ccccc1S(=O)(=O)C(F)(F)F. The first-order valence-electron chi connectivity index (χ1n) is 8.61. The largest absolute Gasteiger partial charge is 0.501 e. The second-order valence-electron chi connectivity index (χ2n) is 6.30. The third kappa shape index (κ3) is 4.38. The highest BCUT2D eigenvalue weighted by Crippen LogP contribution is 2.35. The topological polar surface area (TPSA) is 101 Å². The summed E-state index contributed by atoms with van der Waals surface area (Å²) in [7, 11) is -4.57. The molecule has 0 atom stereocenters. The number of halogens is 4. The average molecular weight is 457 g/mol. The standard InChI is InChI=1S/C19H15F4N3O4S/c1-30-14-7-6-12(8-11-9-24-25-10-11)17(20)16(14)18(27)26-13-4-2-3-5-15(13)31(28,29)19(21,22)23/h2-7,9-10H,8H2,1H3,(H,24,25)(H,26,27). The van der Waals surface area contributed by atoms with Crippen molar-refractivity contribution in [2.75, 3.05) is 12.4 Å². The van der Waals surface area contributed by atoms with Crippen molar-refractivity contribution in [3.8, 4) is 5.75 Å². The molecule has 3 aromatic rings. The molecule has 0 aliphatic heterocycles. The summed E-state index contributed by atoms with van der Waals surface area (Å²) in [5.41, 5.74) is -6.09. The maximum atomic E-state index is 15.1. The number of nitrogens with zero attached hydrogens (tertiary/aromatic N) is 1. The molecule has 3 rings (SSSR count). The lowest BCUT2D eigenvalue weighted by Crippen LogP contribution is -2.25. The average Bonchev–Trinajstić information content (AvgIpc) is 3.21. The molecule has 1 amide bonds. The lowest BCUT2D eigenvalue weighted by molar-refractivity contribution is -0.0435. The number of carbonyl (C=O) groups is 1. The molecule has 31 heavy (non-hydrogen) atoms. The number of aromatic amines is 1. The van der Waals surface area contributed by atoms with Gasteiger partial charge in [-0.05, 0) is 29.3 Å². The molecule has 0 saturated heterocycles. The number of ether oxygens (including phenoxy) is 1. The highest BCUT2D eigenvalue weighted by Gasteiger charge is 2.48. The van der Waals surface area contributed by atoms with E-state index in [-0.39, 0.29) is 17.7 Å². The van der Waals surface area contributed by atoms with Crippen LogP contribution in [-0.4, -0.2) is 37.1 Å². The van der Waals surface area contributed by atoms with E-state index >= 15 is 4.39 Å². The number of aromatic nitrogens is 2. The summed E-state index contributed by atoms with van der Waals surface area (Å²) in [6.07, 6.45) is 3.06. The van der Waals surface area contributed by atoms with Crippen LogP contribution in [0.2, 0.25) is 0 Å². The number of hydrogen-bond acceptors (Lipinski definition) is 5. The number of methoxy groups -OCH3 is 1. The quantitative estimate of drug-likeness (QED) is 0.550. The Morgan fingerprint density at radius 1 is 1.19 bits per heavy atom. The summed E-state index contributed by atoms with van der Waals surface area (Å²) in [5.74, 6) is -2.32. The van der Waals surface area contributed by atoms with Gasteiger partial charge in [-0.15, -0.1) is 0 Å². The summed E-state index contributed by atoms with van der Waals surface area (Å²) in [4.78, 5) is 11.6. The van der Waals surface area contributed by atoms with Gasteiger partial charge in [0.05, 0.1) is 23.9 Å². The number of rotatable bonds is 6. The van der Waals surface area contributed by atoms with Crippen LogP contribution >= 0.6 is 0 Å². The summed E-state index contributed by atoms with van der Waals surface area (Å²) in [6, 6.07) is 6.68. The number of carbonyl (C=O) groups excluding carboxylic acids is 1. The molecule has 0 unspecified atom stereocenters. The van der Waals surface area contributed by atoms with E-state index in [4.69, 9.17) is 4.74 Å². The van der Waals surface area contributed by atoms with Gasteiger partial charge in [0.25, 0.3) is 15.7 Å². The first-order chi connectivity index (χ1) is 14.6. The van der Waals surface area contributed by atoms with Crippen molar-refractivity contribution in [1.82, 2.24) is 10.2 Å². The van der Waals surface area contributed by atoms with Crippen molar-refractivity contribution in [3.63, 3.8) is 0 Å². The number of hydrogen-bond donors (Lipinski definition) is 2. The number of amides is 1. The number of H-pyrrole nitrogens is 1. The van der Waals surface area contributed by atoms with Crippen molar-refractivity contribution in [3.05, 3.63) is 71.3 Å². The molecule has 0 bridgehead atoms. The fourth-order valence-electron chi connectivity index (χ4n) is 2.83. The lowest BCUT2D eigenvalue weighted by atomic mass is 10.0. The number of para-hydroxylation sites is 1. The second kappa shape index (κ2) is 8.38. The molecule has 12 heteroatoms. The van der Waals surface area contributed by atoms with Gasteiger partial charge < -0.3 is 10.1 Å². The number of alkyl halides is 3. The molecule has 0 radical (unpaired) electrons. The van der Waals surface area contributed by atoms with Gasteiger partial charge in [-0.1, -0.05) is 18.2 Å². The molecular weight excluding hydrogens is 442 g/mol. The van der Waals surface area contributed by atoms with Crippen LogP contribution in [0.3, 0.4) is 0 Å². The van der Waals surface area contributed by atoms with Crippen molar-refractivity contribution in [2.45, 2.75) is 16.8 Å². The Morgan fingerprint density at radius 3 is 2.52 bits per heavy atom. The Bertz CT molecular complexity index is 1210. The van der Waals surface area contributed by atoms with Crippen LogP contribution < -0.4 is 10.1 Å². The monoisotopic (exact) mass is 457 g/mol. The molecule has 0 aliphatic rings. The van der Waals surface area contributed by atoms with Crippen LogP contribution in [0.4, 0.5) is 23.2 Å². The van der Waals surface area contributed by atoms with Crippen LogP contribution in [0.1, 0.15) is 21.5 Å². The van der Waals surface area contributed by atoms with Crippen LogP contribution in [0.15, 0.2) is 53.7 Å². The predicted octanol–water partition coefficient (Wildman–Crippen LogP) is 3.69. The Balaban J connectivity index is 2.02. The molecule has 1 aromatic heterocycles. The normalized spacial score (nSPS) is 11.9. The number of sulfone groups is 1. The smallest absolute Gasteiger partial charge is 0.496 e. The number of anilines is 1. The molecule has 2 N–H and O–H groups in total. The van der Waals surface area contributed by atoms with E-state index in [0.717, 1.165) is 12.1 Å². The third-order valence-electron chi connectivity index (χ3n) is 4.31. The zero-order valence-electron chi connectivity index (χ0n) is 15.8. The van der Waals surface area contributed by atoms with Gasteiger partial charge in [0.1, 0.15) is 17.1 Å². The number of nitrogens with one attached hydrogen (secondary N) is 2. The van der Waals surface area contributed by atoms with Gasteiger partial charge in [0, 0.05) is 12.6 Å². The molecule has 1 heterocycles. The molecule has 0 aliphatic carbocycles. The van der Waals surface area contributed by atoms with E-state index in [1.165, 1.54) is 37.7 Å². The maximum Gasteiger partial charge on any atom is 0.501 e. The first kappa shape index (κ1) is 22.3. The number of benzene rings is 2. The summed E-state index contributed by atoms with van der Waals surface area (Å²) in [5, 5.41) is 8.37. The van der Waals surface area contributed by atoms with Gasteiger partial charge in [0.15, 0.2) is 0 Å². The molecule has 2 aromatic carbocycles. The Kier molecular flexibility index (Phi) is 6.02. The van der Waals surface area contributed by atoms with Crippen molar-refractivity contribution < 1.29 is 35.5 Å². The van der Waals surface area contributed by atoms with Crippen LogP contribution in [0.25, 0.3) is 0 Å². The first-order valence-corrected chi connectivity index (χ1v) is 10.1. The molecule has 7 nitrogen and oxygen atoms in total. The highest BCUT2D eigenvalue weighted by molar-refractivity contribution is 7.92. The van der Waals surface area contributed by atoms with Gasteiger partial charge in [-0.3, -0.25) is 9.89 Å². The minimum Gasteiger partial charge on any atom is -0.496 e. The van der Waals surface area contributed by atoms with E-state index in [2.05, 4.69) is 15.5 Å². The van der Waals surface area contributed by atoms with Crippen LogP contribution in [-0.2, 0) is 16.3 Å². The van der Waals surface area contributed by atoms with Gasteiger partial charge in [0.2, 0.25) is 0 Å². The Labute approximate surface area is 174 Å². The molecule has 0 spiro atoms. The maximum absolute atomic E-state index is 15.1. The minimum absolute atomic E-state index is 0.0750. The van der Waals surface area contributed by atoms with E-state index in [0.29, 0.717) is 11.6 Å². The van der Waals surface area contributed by atoms with Crippen molar-refractivity contribution in [2.24, 2.45) is 0 Å². The Hall–Kier alpha value is -3.41. The van der Waals surface area contributed by atoms with E-state index in [1.807, 2.05) is 0 Å². The summed E-state index contributed by atoms with van der Waals surface area (Å²) < 4.78 is 82.8. The Morgan fingerprint density at radius 2 is 1.90 bits per heavy atom. The molecule has 164 valence electrons. The molecule has 0 saturated carbocycles. The summed E-state index contributed by atoms with van der Waals surface area (Å²) >= 11 is 0. The van der Waals surface area contributed by atoms with Gasteiger partial charge in [-0.2, -0.15) is 18.3 Å². The fourth-order valence-corrected chi connectivity index (χ4v) is 3.74. The van der Waals surface area contributed by atoms with Crippen molar-refractivity contribution >= 4 is 21.4 Å². The second-order valence-corrected chi connectivity index (χ2v) is 8.21. The zero-order chi connectivity index (χ0) is 22.8. The summed E-state index contributed by atoms with van der Waals surface area (Å²) in [6.45, 7) is 0. The highest BCUT2D eigenvalue weighted by atomic mass is 32.2. The van der Waals surface area contributed by atoms with Gasteiger partial charge >= 0.3 is 5.51 Å². The minimum atomic E-state index is -5.75. The van der Waals surface area contributed by atoms with Crippen LogP contribution in [0, 0.1) is 5.82 Å². The van der Waals surface area contributed by atoms with Crippen molar-refractivity contribution in [1.29, 1.82) is 0 Å². The fraction of sp³-hybridized carbons (Fsp3) is 0.158. The van der Waals surface area contributed by atoms with E-state index < -0.39 is 43.2 Å². The third-order valence-corrected chi connectivity index (χ3v) is 5.85. The zero-order valence-corrected chi connectivity index (χ0v) is 16.6. The lowest BCUT2D eigenvalue weighted by Gasteiger charge is -2.16. The molecule has 0 fully saturated rings. The van der Waals surface area contributed by atoms with Crippen LogP contribution in [0.5, 0.6) is 5.75 Å². The van der Waals surface area contributed by atoms with E-state index in [9.17, 15) is 26.4 Å². The van der Waals surface area contributed by atoms with E-state index in [1.54, 1.807) is 0 Å². The predicted molar refractivity (Wildman–Crippen MR) is 102 cm³/mol.